The zero-order valence-corrected chi connectivity index (χ0v) is 10.5. The van der Waals surface area contributed by atoms with Gasteiger partial charge in [-0.05, 0) is 31.2 Å². The van der Waals surface area contributed by atoms with Gasteiger partial charge in [-0.3, -0.25) is 0 Å². The smallest absolute Gasteiger partial charge is 0.0477 e. The molecule has 0 aliphatic heterocycles. The van der Waals surface area contributed by atoms with Crippen molar-refractivity contribution in [2.45, 2.75) is 53.0 Å². The molecule has 0 heterocycles. The van der Waals surface area contributed by atoms with Crippen molar-refractivity contribution in [2.75, 3.05) is 20.3 Å². The first-order chi connectivity index (χ1) is 6.49. The lowest BCUT2D eigenvalue weighted by Gasteiger charge is -2.23. The SMILES string of the molecule is CCNC(CCOC)CCC(C)(C)C. The minimum atomic E-state index is 0.445. The number of methoxy groups -OCH3 is 1. The molecule has 0 spiro atoms. The lowest BCUT2D eigenvalue weighted by Crippen LogP contribution is -2.31. The number of hydrogen-bond acceptors (Lipinski definition) is 2. The molecule has 0 aliphatic rings. The van der Waals surface area contributed by atoms with Crippen molar-refractivity contribution in [3.8, 4) is 0 Å². The van der Waals surface area contributed by atoms with E-state index in [1.165, 1.54) is 12.8 Å². The average molecular weight is 201 g/mol. The summed E-state index contributed by atoms with van der Waals surface area (Å²) >= 11 is 0. The second-order valence-electron chi connectivity index (χ2n) is 5.14. The van der Waals surface area contributed by atoms with Crippen LogP contribution in [-0.2, 0) is 4.74 Å². The molecule has 0 rings (SSSR count). The second-order valence-corrected chi connectivity index (χ2v) is 5.14. The van der Waals surface area contributed by atoms with Crippen molar-refractivity contribution in [2.24, 2.45) is 5.41 Å². The van der Waals surface area contributed by atoms with Crippen LogP contribution in [0.4, 0.5) is 0 Å². The van der Waals surface area contributed by atoms with Crippen molar-refractivity contribution in [3.05, 3.63) is 0 Å². The Labute approximate surface area is 89.4 Å². The van der Waals surface area contributed by atoms with Gasteiger partial charge in [-0.1, -0.05) is 27.7 Å². The van der Waals surface area contributed by atoms with Crippen molar-refractivity contribution >= 4 is 0 Å². The topological polar surface area (TPSA) is 21.3 Å². The van der Waals surface area contributed by atoms with Gasteiger partial charge in [0.05, 0.1) is 0 Å². The van der Waals surface area contributed by atoms with E-state index in [1.807, 2.05) is 0 Å². The molecule has 0 amide bonds. The Hall–Kier alpha value is -0.0800. The van der Waals surface area contributed by atoms with E-state index in [2.05, 4.69) is 33.0 Å². The van der Waals surface area contributed by atoms with Crippen LogP contribution in [0.3, 0.4) is 0 Å². The molecule has 0 saturated heterocycles. The summed E-state index contributed by atoms with van der Waals surface area (Å²) in [5, 5.41) is 3.51. The lowest BCUT2D eigenvalue weighted by molar-refractivity contribution is 0.177. The third-order valence-corrected chi connectivity index (χ3v) is 2.41. The van der Waals surface area contributed by atoms with Crippen molar-refractivity contribution in [3.63, 3.8) is 0 Å². The summed E-state index contributed by atoms with van der Waals surface area (Å²) in [5.41, 5.74) is 0.445. The van der Waals surface area contributed by atoms with Gasteiger partial charge in [0, 0.05) is 19.8 Å². The lowest BCUT2D eigenvalue weighted by atomic mass is 9.88. The molecule has 0 aliphatic carbocycles. The minimum absolute atomic E-state index is 0.445. The highest BCUT2D eigenvalue weighted by molar-refractivity contribution is 4.70. The summed E-state index contributed by atoms with van der Waals surface area (Å²) < 4.78 is 5.11. The molecule has 86 valence electrons. The first kappa shape index (κ1) is 13.9. The van der Waals surface area contributed by atoms with E-state index >= 15 is 0 Å². The van der Waals surface area contributed by atoms with Crippen LogP contribution in [0, 0.1) is 5.41 Å². The molecule has 0 bridgehead atoms. The standard InChI is InChI=1S/C12H27NO/c1-6-13-11(8-10-14-5)7-9-12(2,3)4/h11,13H,6-10H2,1-5H3. The molecular weight excluding hydrogens is 174 g/mol. The Balaban J connectivity index is 3.72. The van der Waals surface area contributed by atoms with Crippen LogP contribution in [0.1, 0.15) is 47.0 Å². The van der Waals surface area contributed by atoms with E-state index in [-0.39, 0.29) is 0 Å². The van der Waals surface area contributed by atoms with E-state index in [4.69, 9.17) is 4.74 Å². The maximum Gasteiger partial charge on any atom is 0.0477 e. The molecule has 0 radical (unpaired) electrons. The first-order valence-corrected chi connectivity index (χ1v) is 5.72. The van der Waals surface area contributed by atoms with Gasteiger partial charge in [0.1, 0.15) is 0 Å². The Kier molecular flexibility index (Phi) is 7.20. The highest BCUT2D eigenvalue weighted by atomic mass is 16.5. The normalized spacial score (nSPS) is 14.4. The van der Waals surface area contributed by atoms with Crippen LogP contribution >= 0.6 is 0 Å². The van der Waals surface area contributed by atoms with Gasteiger partial charge in [-0.2, -0.15) is 0 Å². The summed E-state index contributed by atoms with van der Waals surface area (Å²) in [5.74, 6) is 0. The molecule has 1 N–H and O–H groups in total. The molecule has 0 saturated carbocycles. The molecule has 2 nitrogen and oxygen atoms in total. The van der Waals surface area contributed by atoms with Gasteiger partial charge in [-0.25, -0.2) is 0 Å². The Bertz CT molecular complexity index is 129. The second kappa shape index (κ2) is 7.24. The zero-order valence-electron chi connectivity index (χ0n) is 10.5. The molecule has 1 unspecified atom stereocenters. The Morgan fingerprint density at radius 1 is 1.21 bits per heavy atom. The third kappa shape index (κ3) is 8.52. The summed E-state index contributed by atoms with van der Waals surface area (Å²) in [6.07, 6.45) is 3.65. The van der Waals surface area contributed by atoms with Crippen LogP contribution in [0.2, 0.25) is 0 Å². The molecule has 0 aromatic heterocycles. The van der Waals surface area contributed by atoms with Crippen LogP contribution in [0.15, 0.2) is 0 Å². The predicted molar refractivity (Wildman–Crippen MR) is 62.6 cm³/mol. The fourth-order valence-electron chi connectivity index (χ4n) is 1.50. The fraction of sp³-hybridized carbons (Fsp3) is 1.00. The van der Waals surface area contributed by atoms with Crippen LogP contribution in [-0.4, -0.2) is 26.3 Å². The van der Waals surface area contributed by atoms with Crippen molar-refractivity contribution < 1.29 is 4.74 Å². The summed E-state index contributed by atoms with van der Waals surface area (Å²) in [6, 6.07) is 0.624. The molecule has 0 aromatic carbocycles. The minimum Gasteiger partial charge on any atom is -0.385 e. The molecule has 1 atom stereocenters. The number of hydrogen-bond donors (Lipinski definition) is 1. The number of rotatable bonds is 7. The first-order valence-electron chi connectivity index (χ1n) is 5.72. The van der Waals surface area contributed by atoms with Crippen LogP contribution in [0.5, 0.6) is 0 Å². The van der Waals surface area contributed by atoms with E-state index in [0.29, 0.717) is 11.5 Å². The summed E-state index contributed by atoms with van der Waals surface area (Å²) in [7, 11) is 1.77. The fourth-order valence-corrected chi connectivity index (χ4v) is 1.50. The molecule has 0 fully saturated rings. The van der Waals surface area contributed by atoms with Crippen LogP contribution < -0.4 is 5.32 Å². The Morgan fingerprint density at radius 3 is 2.29 bits per heavy atom. The van der Waals surface area contributed by atoms with Gasteiger partial charge in [0.15, 0.2) is 0 Å². The van der Waals surface area contributed by atoms with E-state index in [1.54, 1.807) is 7.11 Å². The van der Waals surface area contributed by atoms with Crippen molar-refractivity contribution in [1.82, 2.24) is 5.32 Å². The number of ether oxygens (including phenoxy) is 1. The molecule has 0 aromatic rings. The van der Waals surface area contributed by atoms with Gasteiger partial charge >= 0.3 is 0 Å². The highest BCUT2D eigenvalue weighted by Crippen LogP contribution is 2.22. The third-order valence-electron chi connectivity index (χ3n) is 2.41. The average Bonchev–Trinajstić information content (AvgIpc) is 2.08. The Morgan fingerprint density at radius 2 is 1.86 bits per heavy atom. The van der Waals surface area contributed by atoms with E-state index in [0.717, 1.165) is 19.6 Å². The van der Waals surface area contributed by atoms with E-state index in [9.17, 15) is 0 Å². The maximum atomic E-state index is 5.11. The maximum absolute atomic E-state index is 5.11. The van der Waals surface area contributed by atoms with Gasteiger partial charge in [0.25, 0.3) is 0 Å². The highest BCUT2D eigenvalue weighted by Gasteiger charge is 2.14. The van der Waals surface area contributed by atoms with Crippen molar-refractivity contribution in [1.29, 1.82) is 0 Å². The summed E-state index contributed by atoms with van der Waals surface area (Å²) in [4.78, 5) is 0. The van der Waals surface area contributed by atoms with Gasteiger partial charge in [-0.15, -0.1) is 0 Å². The van der Waals surface area contributed by atoms with Crippen LogP contribution in [0.25, 0.3) is 0 Å². The number of nitrogens with one attached hydrogen (secondary N) is 1. The molecule has 2 heteroatoms. The van der Waals surface area contributed by atoms with Gasteiger partial charge in [0.2, 0.25) is 0 Å². The monoisotopic (exact) mass is 201 g/mol. The molecular formula is C12H27NO. The quantitative estimate of drug-likeness (QED) is 0.684. The largest absolute Gasteiger partial charge is 0.385 e. The van der Waals surface area contributed by atoms with E-state index < -0.39 is 0 Å². The summed E-state index contributed by atoms with van der Waals surface area (Å²) in [6.45, 7) is 11.0. The predicted octanol–water partition coefficient (Wildman–Crippen LogP) is 2.83. The zero-order chi connectivity index (χ0) is 11.0. The molecule has 14 heavy (non-hydrogen) atoms. The van der Waals surface area contributed by atoms with Gasteiger partial charge < -0.3 is 10.1 Å².